The van der Waals surface area contributed by atoms with Gasteiger partial charge in [-0.1, -0.05) is 22.9 Å². The molecule has 1 heterocycles. The second-order valence-corrected chi connectivity index (χ2v) is 11.1. The number of halogens is 1. The van der Waals surface area contributed by atoms with E-state index in [1.54, 1.807) is 12.1 Å². The normalized spacial score (nSPS) is 12.8. The zero-order valence-corrected chi connectivity index (χ0v) is 16.9. The first-order valence-electron chi connectivity index (χ1n) is 7.17. The Kier molecular flexibility index (Phi) is 7.10. The lowest BCUT2D eigenvalue weighted by Crippen LogP contribution is -2.35. The average molecular weight is 445 g/mol. The van der Waals surface area contributed by atoms with Crippen LogP contribution in [0.2, 0.25) is 5.02 Å². The Morgan fingerprint density at radius 1 is 1.08 bits per heavy atom. The molecule has 0 aliphatic heterocycles. The summed E-state index contributed by atoms with van der Waals surface area (Å²) in [5.74, 6) is -0.455. The zero-order chi connectivity index (χ0) is 18.7. The summed E-state index contributed by atoms with van der Waals surface area (Å²) >= 11 is 8.87. The summed E-state index contributed by atoms with van der Waals surface area (Å²) in [4.78, 5) is 0. The predicted octanol–water partition coefficient (Wildman–Crippen LogP) is 1.80. The summed E-state index contributed by atoms with van der Waals surface area (Å²) in [5.41, 5.74) is 0.819. The van der Waals surface area contributed by atoms with Crippen molar-refractivity contribution in [3.05, 3.63) is 23.2 Å². The highest BCUT2D eigenvalue weighted by Gasteiger charge is 2.21. The molecule has 0 amide bonds. The van der Waals surface area contributed by atoms with E-state index in [2.05, 4.69) is 0 Å². The van der Waals surface area contributed by atoms with Crippen molar-refractivity contribution in [2.45, 2.75) is 23.7 Å². The summed E-state index contributed by atoms with van der Waals surface area (Å²) in [6, 6.07) is 5.34. The molecule has 0 atom stereocenters. The van der Waals surface area contributed by atoms with Crippen molar-refractivity contribution >= 4 is 65.2 Å². The highest BCUT2D eigenvalue weighted by atomic mass is 35.5. The fraction of sp³-hybridized carbons (Fsp3) is 0.462. The van der Waals surface area contributed by atoms with Gasteiger partial charge in [-0.15, -0.1) is 0 Å². The maximum Gasteiger partial charge on any atom is 0.298 e. The molecule has 1 aromatic carbocycles. The van der Waals surface area contributed by atoms with Gasteiger partial charge in [0.2, 0.25) is 5.52 Å². The van der Waals surface area contributed by atoms with Gasteiger partial charge in [0.05, 0.1) is 20.2 Å². The predicted molar refractivity (Wildman–Crippen MR) is 96.1 cm³/mol. The monoisotopic (exact) mass is 444 g/mol. The number of aromatic nitrogens is 1. The molecule has 0 saturated heterocycles. The number of aryl methyl sites for hydroxylation is 1. The van der Waals surface area contributed by atoms with Crippen LogP contribution < -0.4 is 4.57 Å². The van der Waals surface area contributed by atoms with Crippen LogP contribution in [0, 0.1) is 0 Å². The van der Waals surface area contributed by atoms with Crippen molar-refractivity contribution in [1.82, 2.24) is 0 Å². The number of hydrogen-bond donors (Lipinski definition) is 0. The minimum Gasteiger partial charge on any atom is -0.748 e. The van der Waals surface area contributed by atoms with E-state index < -0.39 is 31.7 Å². The Morgan fingerprint density at radius 3 is 2.36 bits per heavy atom. The number of nitrogens with zero attached hydrogens (tertiary/aromatic N) is 1. The maximum absolute atomic E-state index is 10.8. The molecule has 1 aromatic heterocycles. The third kappa shape index (κ3) is 7.00. The first-order valence-corrected chi connectivity index (χ1v) is 12.5. The van der Waals surface area contributed by atoms with Crippen LogP contribution in [0.25, 0.3) is 10.2 Å². The molecule has 12 heteroatoms. The van der Waals surface area contributed by atoms with E-state index in [1.807, 2.05) is 10.6 Å². The van der Waals surface area contributed by atoms with Gasteiger partial charge in [0.25, 0.3) is 4.34 Å². The Hall–Kier alpha value is -0.430. The van der Waals surface area contributed by atoms with E-state index in [9.17, 15) is 25.9 Å². The molecule has 140 valence electrons. The van der Waals surface area contributed by atoms with Crippen molar-refractivity contribution in [3.63, 3.8) is 0 Å². The summed E-state index contributed by atoms with van der Waals surface area (Å²) in [5, 5.41) is 0.532. The molecule has 0 N–H and O–H groups in total. The Labute approximate surface area is 159 Å². The van der Waals surface area contributed by atoms with Crippen molar-refractivity contribution in [2.75, 3.05) is 17.3 Å². The molecule has 2 aromatic rings. The van der Waals surface area contributed by atoms with Crippen LogP contribution in [0.3, 0.4) is 0 Å². The summed E-state index contributed by atoms with van der Waals surface area (Å²) < 4.78 is 68.0. The van der Waals surface area contributed by atoms with E-state index >= 15 is 0 Å². The summed E-state index contributed by atoms with van der Waals surface area (Å²) in [7, 11) is -8.52. The van der Waals surface area contributed by atoms with Crippen LogP contribution in [0.15, 0.2) is 22.5 Å². The first kappa shape index (κ1) is 20.9. The molecule has 0 aliphatic carbocycles. The third-order valence-electron chi connectivity index (χ3n) is 3.17. The molecule has 0 fully saturated rings. The highest BCUT2D eigenvalue weighted by molar-refractivity contribution is 8.01. The Balaban J connectivity index is 2.17. The van der Waals surface area contributed by atoms with Crippen LogP contribution in [0.4, 0.5) is 0 Å². The number of thioether (sulfide) groups is 1. The minimum absolute atomic E-state index is 0.164. The molecule has 0 saturated carbocycles. The molecule has 0 radical (unpaired) electrons. The maximum atomic E-state index is 10.8. The lowest BCUT2D eigenvalue weighted by molar-refractivity contribution is -0.701. The number of thiazole rings is 1. The third-order valence-corrected chi connectivity index (χ3v) is 7.51. The number of benzene rings is 1. The summed E-state index contributed by atoms with van der Waals surface area (Å²) in [6.07, 6.45) is 0.387. The number of rotatable bonds is 9. The minimum atomic E-state index is -4.28. The molecular weight excluding hydrogens is 430 g/mol. The topological polar surface area (TPSA) is 118 Å². The fourth-order valence-corrected chi connectivity index (χ4v) is 5.94. The molecule has 2 rings (SSSR count). The van der Waals surface area contributed by atoms with Gasteiger partial charge < -0.3 is 9.11 Å². The molecule has 0 aliphatic rings. The lowest BCUT2D eigenvalue weighted by Gasteiger charge is -2.06. The van der Waals surface area contributed by atoms with Crippen LogP contribution in [-0.4, -0.2) is 43.2 Å². The van der Waals surface area contributed by atoms with Gasteiger partial charge in [-0.3, -0.25) is 0 Å². The average Bonchev–Trinajstić information content (AvgIpc) is 2.79. The number of fused-ring (bicyclic) bond motifs is 1. The van der Waals surface area contributed by atoms with Gasteiger partial charge in [0, 0.05) is 34.8 Å². The molecule has 7 nitrogen and oxygen atoms in total. The van der Waals surface area contributed by atoms with Gasteiger partial charge in [0.1, 0.15) is 4.70 Å². The van der Waals surface area contributed by atoms with Crippen molar-refractivity contribution < 1.29 is 30.5 Å². The van der Waals surface area contributed by atoms with Crippen LogP contribution in [0.1, 0.15) is 12.8 Å². The van der Waals surface area contributed by atoms with Crippen LogP contribution >= 0.6 is 34.7 Å². The SMILES string of the molecule is O=S(=O)([O-])CCCSc1sc2ccc(Cl)cc2[n+]1CCCS(=O)(=O)[O-]. The molecular formula is C13H15ClNO6S4-. The smallest absolute Gasteiger partial charge is 0.298 e. The zero-order valence-electron chi connectivity index (χ0n) is 12.9. The molecule has 0 spiro atoms. The van der Waals surface area contributed by atoms with Gasteiger partial charge in [-0.05, 0) is 30.3 Å². The Bertz CT molecular complexity index is 954. The lowest BCUT2D eigenvalue weighted by atomic mass is 10.3. The van der Waals surface area contributed by atoms with E-state index in [0.29, 0.717) is 17.3 Å². The second-order valence-electron chi connectivity index (χ2n) is 5.21. The van der Waals surface area contributed by atoms with E-state index in [-0.39, 0.29) is 12.8 Å². The highest BCUT2D eigenvalue weighted by Crippen LogP contribution is 2.30. The van der Waals surface area contributed by atoms with Crippen LogP contribution in [0.5, 0.6) is 0 Å². The molecule has 0 unspecified atom stereocenters. The van der Waals surface area contributed by atoms with Gasteiger partial charge in [-0.25, -0.2) is 16.8 Å². The fourth-order valence-electron chi connectivity index (χ4n) is 2.15. The number of hydrogen-bond acceptors (Lipinski definition) is 8. The van der Waals surface area contributed by atoms with Crippen LogP contribution in [-0.2, 0) is 26.8 Å². The van der Waals surface area contributed by atoms with E-state index in [0.717, 1.165) is 14.6 Å². The van der Waals surface area contributed by atoms with Crippen molar-refractivity contribution in [2.24, 2.45) is 0 Å². The first-order chi connectivity index (χ1) is 11.6. The van der Waals surface area contributed by atoms with Gasteiger partial charge in [0.15, 0.2) is 6.54 Å². The Morgan fingerprint density at radius 2 is 1.72 bits per heavy atom. The molecule has 25 heavy (non-hydrogen) atoms. The van der Waals surface area contributed by atoms with Crippen molar-refractivity contribution in [3.8, 4) is 0 Å². The van der Waals surface area contributed by atoms with Crippen molar-refractivity contribution in [1.29, 1.82) is 0 Å². The van der Waals surface area contributed by atoms with E-state index in [1.165, 1.54) is 23.1 Å². The van der Waals surface area contributed by atoms with Gasteiger partial charge >= 0.3 is 0 Å². The second kappa shape index (κ2) is 8.51. The van der Waals surface area contributed by atoms with Gasteiger partial charge in [-0.2, -0.15) is 4.57 Å². The molecule has 0 bridgehead atoms. The summed E-state index contributed by atoms with van der Waals surface area (Å²) in [6.45, 7) is 0.323. The largest absolute Gasteiger partial charge is 0.748 e. The van der Waals surface area contributed by atoms with E-state index in [4.69, 9.17) is 11.6 Å². The standard InChI is InChI=1S/C13H16ClNO6S4/c14-10-3-4-12-11(9-10)15(5-1-7-24(16,17)18)13(23-12)22-6-2-8-25(19,20)21/h3-4,9H,1-2,5-8H2,(H-,16,17,18,19,20,21)/p-1. The quantitative estimate of drug-likeness (QED) is 0.250.